The van der Waals surface area contributed by atoms with Crippen LogP contribution in [0, 0.1) is 0 Å². The first-order valence-electron chi connectivity index (χ1n) is 9.50. The maximum atomic E-state index is 12.4. The van der Waals surface area contributed by atoms with Crippen LogP contribution in [-0.4, -0.2) is 47.6 Å². The Morgan fingerprint density at radius 2 is 1.65 bits per heavy atom. The molecule has 2 amide bonds. The van der Waals surface area contributed by atoms with Crippen molar-refractivity contribution in [2.75, 3.05) is 24.4 Å². The van der Waals surface area contributed by atoms with Crippen molar-refractivity contribution in [2.24, 2.45) is 5.73 Å². The van der Waals surface area contributed by atoms with E-state index in [4.69, 9.17) is 20.4 Å². The highest BCUT2D eigenvalue weighted by Crippen LogP contribution is 2.19. The van der Waals surface area contributed by atoms with Gasteiger partial charge >= 0.3 is 0 Å². The molecule has 9 heteroatoms. The molecule has 0 saturated carbocycles. The molecule has 0 saturated heterocycles. The van der Waals surface area contributed by atoms with Gasteiger partial charge in [0.15, 0.2) is 0 Å². The SMILES string of the molecule is CC(=O)O.COCC(=O)Nc1ccc(NC(=O)[C@@H](N)Cc2c[nH]c3ccccc23)cc1. The monoisotopic (exact) mass is 426 g/mol. The quantitative estimate of drug-likeness (QED) is 0.392. The minimum atomic E-state index is -0.833. The Morgan fingerprint density at radius 3 is 2.26 bits per heavy atom. The minimum Gasteiger partial charge on any atom is -0.481 e. The number of H-pyrrole nitrogens is 1. The highest BCUT2D eigenvalue weighted by Gasteiger charge is 2.16. The number of para-hydroxylation sites is 1. The van der Waals surface area contributed by atoms with Gasteiger partial charge in [0.05, 0.1) is 6.04 Å². The summed E-state index contributed by atoms with van der Waals surface area (Å²) in [5.41, 5.74) is 9.34. The number of nitrogens with one attached hydrogen (secondary N) is 3. The predicted molar refractivity (Wildman–Crippen MR) is 119 cm³/mol. The number of benzene rings is 2. The molecule has 6 N–H and O–H groups in total. The zero-order valence-corrected chi connectivity index (χ0v) is 17.3. The first kappa shape index (κ1) is 23.6. The Labute approximate surface area is 179 Å². The van der Waals surface area contributed by atoms with Gasteiger partial charge in [0.2, 0.25) is 11.8 Å². The fourth-order valence-corrected chi connectivity index (χ4v) is 2.83. The number of aromatic nitrogens is 1. The average molecular weight is 426 g/mol. The molecule has 0 unspecified atom stereocenters. The number of carboxylic acids is 1. The maximum Gasteiger partial charge on any atom is 0.300 e. The molecule has 1 atom stereocenters. The van der Waals surface area contributed by atoms with Crippen LogP contribution in [0.4, 0.5) is 11.4 Å². The van der Waals surface area contributed by atoms with Crippen LogP contribution in [0.15, 0.2) is 54.7 Å². The van der Waals surface area contributed by atoms with Crippen LogP contribution in [0.25, 0.3) is 10.9 Å². The number of anilines is 2. The van der Waals surface area contributed by atoms with Gasteiger partial charge in [-0.05, 0) is 42.3 Å². The van der Waals surface area contributed by atoms with E-state index in [0.29, 0.717) is 17.8 Å². The minimum absolute atomic E-state index is 0.0127. The van der Waals surface area contributed by atoms with Gasteiger partial charge in [-0.3, -0.25) is 14.4 Å². The van der Waals surface area contributed by atoms with E-state index in [-0.39, 0.29) is 18.4 Å². The number of nitrogens with two attached hydrogens (primary N) is 1. The lowest BCUT2D eigenvalue weighted by molar-refractivity contribution is -0.134. The van der Waals surface area contributed by atoms with Crippen molar-refractivity contribution in [3.05, 3.63) is 60.3 Å². The lowest BCUT2D eigenvalue weighted by atomic mass is 10.0. The average Bonchev–Trinajstić information content (AvgIpc) is 3.12. The summed E-state index contributed by atoms with van der Waals surface area (Å²) in [4.78, 5) is 36.1. The van der Waals surface area contributed by atoms with Crippen LogP contribution in [0.1, 0.15) is 12.5 Å². The summed E-state index contributed by atoms with van der Waals surface area (Å²) in [7, 11) is 1.46. The van der Waals surface area contributed by atoms with Gasteiger partial charge in [0, 0.05) is 42.5 Å². The van der Waals surface area contributed by atoms with E-state index in [1.54, 1.807) is 24.3 Å². The molecule has 3 aromatic rings. The summed E-state index contributed by atoms with van der Waals surface area (Å²) >= 11 is 0. The molecule has 0 spiro atoms. The number of hydrogen-bond donors (Lipinski definition) is 5. The summed E-state index contributed by atoms with van der Waals surface area (Å²) in [5.74, 6) is -1.34. The van der Waals surface area contributed by atoms with Crippen LogP contribution < -0.4 is 16.4 Å². The fourth-order valence-electron chi connectivity index (χ4n) is 2.83. The van der Waals surface area contributed by atoms with Crippen LogP contribution >= 0.6 is 0 Å². The molecule has 164 valence electrons. The standard InChI is InChI=1S/C20H22N4O3.C2H4O2/c1-27-12-19(25)23-14-6-8-15(9-7-14)24-20(26)17(21)10-13-11-22-18-5-3-2-4-16(13)18;1-2(3)4/h2-9,11,17,22H,10,12,21H2,1H3,(H,23,25)(H,24,26);1H3,(H,3,4)/t17-;/m0./s1. The second-order valence-electron chi connectivity index (χ2n) is 6.74. The Hall–Kier alpha value is -3.69. The van der Waals surface area contributed by atoms with Crippen molar-refractivity contribution in [3.8, 4) is 0 Å². The first-order chi connectivity index (χ1) is 14.8. The summed E-state index contributed by atoms with van der Waals surface area (Å²) in [6.07, 6.45) is 2.32. The van der Waals surface area contributed by atoms with Crippen LogP contribution in [0.5, 0.6) is 0 Å². The van der Waals surface area contributed by atoms with Gasteiger partial charge in [0.1, 0.15) is 6.61 Å². The molecule has 0 fully saturated rings. The molecule has 1 aromatic heterocycles. The van der Waals surface area contributed by atoms with Crippen molar-refractivity contribution in [1.82, 2.24) is 4.98 Å². The number of aliphatic carboxylic acids is 1. The summed E-state index contributed by atoms with van der Waals surface area (Å²) in [6, 6.07) is 14.0. The van der Waals surface area contributed by atoms with Crippen molar-refractivity contribution < 1.29 is 24.2 Å². The normalized spacial score (nSPS) is 11.2. The zero-order valence-electron chi connectivity index (χ0n) is 17.3. The van der Waals surface area contributed by atoms with E-state index >= 15 is 0 Å². The largest absolute Gasteiger partial charge is 0.481 e. The Morgan fingerprint density at radius 1 is 1.06 bits per heavy atom. The van der Waals surface area contributed by atoms with E-state index in [2.05, 4.69) is 15.6 Å². The highest BCUT2D eigenvalue weighted by atomic mass is 16.5. The Kier molecular flexibility index (Phi) is 8.74. The topological polar surface area (TPSA) is 147 Å². The fraction of sp³-hybridized carbons (Fsp3) is 0.227. The van der Waals surface area contributed by atoms with Gasteiger partial charge in [-0.1, -0.05) is 18.2 Å². The second-order valence-corrected chi connectivity index (χ2v) is 6.74. The summed E-state index contributed by atoms with van der Waals surface area (Å²) in [6.45, 7) is 1.07. The van der Waals surface area contributed by atoms with Crippen LogP contribution in [-0.2, 0) is 25.5 Å². The molecule has 9 nitrogen and oxygen atoms in total. The molecular weight excluding hydrogens is 400 g/mol. The van der Waals surface area contributed by atoms with Crippen LogP contribution in [0.3, 0.4) is 0 Å². The zero-order chi connectivity index (χ0) is 22.8. The maximum absolute atomic E-state index is 12.4. The molecular formula is C22H26N4O5. The third-order valence-electron chi connectivity index (χ3n) is 4.16. The molecule has 0 aliphatic carbocycles. The molecule has 31 heavy (non-hydrogen) atoms. The Bertz CT molecular complexity index is 1030. The number of methoxy groups -OCH3 is 1. The second kappa shape index (κ2) is 11.5. The number of amides is 2. The van der Waals surface area contributed by atoms with E-state index in [1.165, 1.54) is 7.11 Å². The third kappa shape index (κ3) is 7.57. The number of carboxylic acid groups (broad SMARTS) is 1. The van der Waals surface area contributed by atoms with Crippen LogP contribution in [0.2, 0.25) is 0 Å². The van der Waals surface area contributed by atoms with Gasteiger partial charge in [-0.25, -0.2) is 0 Å². The van der Waals surface area contributed by atoms with Gasteiger partial charge in [-0.15, -0.1) is 0 Å². The third-order valence-corrected chi connectivity index (χ3v) is 4.16. The van der Waals surface area contributed by atoms with Crippen molar-refractivity contribution in [3.63, 3.8) is 0 Å². The van der Waals surface area contributed by atoms with Gasteiger partial charge in [0.25, 0.3) is 5.97 Å². The number of rotatable bonds is 7. The number of fused-ring (bicyclic) bond motifs is 1. The molecule has 3 rings (SSSR count). The molecule has 0 radical (unpaired) electrons. The van der Waals surface area contributed by atoms with Crippen molar-refractivity contribution in [2.45, 2.75) is 19.4 Å². The smallest absolute Gasteiger partial charge is 0.300 e. The molecule has 2 aromatic carbocycles. The molecule has 0 bridgehead atoms. The number of carbonyl (C=O) groups excluding carboxylic acids is 2. The number of hydrogen-bond acceptors (Lipinski definition) is 5. The number of carbonyl (C=O) groups is 3. The van der Waals surface area contributed by atoms with Gasteiger partial charge in [-0.2, -0.15) is 0 Å². The van der Waals surface area contributed by atoms with E-state index in [0.717, 1.165) is 23.4 Å². The number of aromatic amines is 1. The van der Waals surface area contributed by atoms with E-state index in [9.17, 15) is 9.59 Å². The lowest BCUT2D eigenvalue weighted by Crippen LogP contribution is -2.37. The molecule has 0 aliphatic heterocycles. The molecule has 0 aliphatic rings. The van der Waals surface area contributed by atoms with Crippen molar-refractivity contribution in [1.29, 1.82) is 0 Å². The summed E-state index contributed by atoms with van der Waals surface area (Å²) in [5, 5.41) is 14.0. The molecule has 1 heterocycles. The van der Waals surface area contributed by atoms with E-state index < -0.39 is 12.0 Å². The highest BCUT2D eigenvalue weighted by molar-refractivity contribution is 5.96. The van der Waals surface area contributed by atoms with E-state index in [1.807, 2.05) is 30.5 Å². The number of ether oxygens (including phenoxy) is 1. The summed E-state index contributed by atoms with van der Waals surface area (Å²) < 4.78 is 4.76. The van der Waals surface area contributed by atoms with Gasteiger partial charge < -0.3 is 31.2 Å². The first-order valence-corrected chi connectivity index (χ1v) is 9.50. The Balaban J connectivity index is 0.000000785. The van der Waals surface area contributed by atoms with Crippen molar-refractivity contribution >= 4 is 40.1 Å². The lowest BCUT2D eigenvalue weighted by Gasteiger charge is -2.12. The predicted octanol–water partition coefficient (Wildman–Crippen LogP) is 2.35.